The van der Waals surface area contributed by atoms with E-state index in [0.717, 1.165) is 49.3 Å². The van der Waals surface area contributed by atoms with Gasteiger partial charge in [0, 0.05) is 23.9 Å². The lowest BCUT2D eigenvalue weighted by Crippen LogP contribution is -2.43. The van der Waals surface area contributed by atoms with Gasteiger partial charge in [0.25, 0.3) is 0 Å². The van der Waals surface area contributed by atoms with E-state index < -0.39 is 0 Å². The molecule has 0 saturated carbocycles. The number of ether oxygens (including phenoxy) is 1. The summed E-state index contributed by atoms with van der Waals surface area (Å²) >= 11 is 1.52. The number of aryl methyl sites for hydroxylation is 2. The average molecular weight is 411 g/mol. The van der Waals surface area contributed by atoms with Crippen LogP contribution in [-0.4, -0.2) is 60.6 Å². The number of carbonyl (C=O) groups is 2. The van der Waals surface area contributed by atoms with E-state index in [1.54, 1.807) is 0 Å². The van der Waals surface area contributed by atoms with Crippen molar-refractivity contribution in [3.8, 4) is 0 Å². The van der Waals surface area contributed by atoms with Gasteiger partial charge in [0.1, 0.15) is 0 Å². The third kappa shape index (κ3) is 7.48. The summed E-state index contributed by atoms with van der Waals surface area (Å²) in [4.78, 5) is 32.3. The molecule has 2 heterocycles. The van der Waals surface area contributed by atoms with Crippen LogP contribution in [-0.2, 0) is 20.7 Å². The Morgan fingerprint density at radius 1 is 1.32 bits per heavy atom. The fraction of sp³-hybridized carbons (Fsp3) is 0.750. The molecule has 158 valence electrons. The molecule has 8 heteroatoms. The number of anilines is 1. The topological polar surface area (TPSA) is 83.6 Å². The van der Waals surface area contributed by atoms with Crippen LogP contribution in [0.5, 0.6) is 0 Å². The van der Waals surface area contributed by atoms with E-state index in [4.69, 9.17) is 4.74 Å². The molecular weight excluding hydrogens is 376 g/mol. The summed E-state index contributed by atoms with van der Waals surface area (Å²) in [6, 6.07) is 0. The lowest BCUT2D eigenvalue weighted by Gasteiger charge is -2.30. The Labute approximate surface area is 172 Å². The number of hydrogen-bond donors (Lipinski definition) is 2. The van der Waals surface area contributed by atoms with Crippen molar-refractivity contribution >= 4 is 28.3 Å². The van der Waals surface area contributed by atoms with E-state index in [-0.39, 0.29) is 23.8 Å². The van der Waals surface area contributed by atoms with Gasteiger partial charge in [-0.1, -0.05) is 6.92 Å². The zero-order valence-corrected chi connectivity index (χ0v) is 18.4. The number of nitrogens with one attached hydrogen (secondary N) is 2. The maximum Gasteiger partial charge on any atom is 0.240 e. The number of hydrogen-bond acceptors (Lipinski definition) is 6. The number of amides is 2. The number of rotatable bonds is 10. The van der Waals surface area contributed by atoms with Crippen LogP contribution >= 0.6 is 11.3 Å². The summed E-state index contributed by atoms with van der Waals surface area (Å²) in [5.41, 5.74) is 1.04. The van der Waals surface area contributed by atoms with Crippen molar-refractivity contribution in [2.24, 2.45) is 5.92 Å². The highest BCUT2D eigenvalue weighted by atomic mass is 32.1. The Balaban J connectivity index is 1.64. The second-order valence-corrected chi connectivity index (χ2v) is 8.74. The summed E-state index contributed by atoms with van der Waals surface area (Å²) in [7, 11) is 0. The van der Waals surface area contributed by atoms with Crippen LogP contribution in [0, 0.1) is 12.8 Å². The van der Waals surface area contributed by atoms with Crippen molar-refractivity contribution in [3.63, 3.8) is 0 Å². The van der Waals surface area contributed by atoms with Crippen LogP contribution in [0.15, 0.2) is 0 Å². The van der Waals surface area contributed by atoms with Crippen LogP contribution in [0.2, 0.25) is 0 Å². The monoisotopic (exact) mass is 410 g/mol. The molecule has 1 saturated heterocycles. The summed E-state index contributed by atoms with van der Waals surface area (Å²) in [6.45, 7) is 11.3. The molecule has 1 aromatic heterocycles. The maximum absolute atomic E-state index is 12.3. The van der Waals surface area contributed by atoms with Crippen molar-refractivity contribution in [3.05, 3.63) is 10.6 Å². The molecule has 1 aliphatic heterocycles. The molecule has 0 spiro atoms. The zero-order chi connectivity index (χ0) is 20.5. The van der Waals surface area contributed by atoms with Gasteiger partial charge >= 0.3 is 0 Å². The van der Waals surface area contributed by atoms with Crippen LogP contribution in [0.4, 0.5) is 5.13 Å². The second kappa shape index (κ2) is 11.5. The van der Waals surface area contributed by atoms with Gasteiger partial charge in [-0.15, -0.1) is 11.3 Å². The third-order valence-corrected chi connectivity index (χ3v) is 5.80. The fourth-order valence-electron chi connectivity index (χ4n) is 3.27. The standard InChI is InChI=1S/C20H34N4O3S/c1-5-17-15(4)28-20(22-17)23-18(25)13-24-10-7-16(8-11-24)19(26)21-9-6-12-27-14(2)3/h14,16H,5-13H2,1-4H3,(H,21,26)(H,22,23,25). The van der Waals surface area contributed by atoms with Gasteiger partial charge in [-0.05, 0) is 59.5 Å². The van der Waals surface area contributed by atoms with Gasteiger partial charge in [0.05, 0.1) is 18.3 Å². The van der Waals surface area contributed by atoms with Gasteiger partial charge in [-0.2, -0.15) is 0 Å². The highest BCUT2D eigenvalue weighted by Crippen LogP contribution is 2.22. The minimum atomic E-state index is -0.0375. The molecule has 0 radical (unpaired) electrons. The SMILES string of the molecule is CCc1nc(NC(=O)CN2CCC(C(=O)NCCCOC(C)C)CC2)sc1C. The molecule has 0 bridgehead atoms. The lowest BCUT2D eigenvalue weighted by atomic mass is 9.96. The molecule has 1 fully saturated rings. The Kier molecular flexibility index (Phi) is 9.34. The fourth-order valence-corrected chi connectivity index (χ4v) is 4.19. The number of piperidine rings is 1. The summed E-state index contributed by atoms with van der Waals surface area (Å²) < 4.78 is 5.48. The summed E-state index contributed by atoms with van der Waals surface area (Å²) in [5, 5.41) is 6.58. The van der Waals surface area contributed by atoms with Crippen molar-refractivity contribution in [1.29, 1.82) is 0 Å². The Morgan fingerprint density at radius 2 is 2.04 bits per heavy atom. The number of carbonyl (C=O) groups excluding carboxylic acids is 2. The molecule has 2 N–H and O–H groups in total. The molecule has 2 amide bonds. The van der Waals surface area contributed by atoms with Crippen LogP contribution in [0.25, 0.3) is 0 Å². The van der Waals surface area contributed by atoms with Crippen LogP contribution in [0.3, 0.4) is 0 Å². The highest BCUT2D eigenvalue weighted by molar-refractivity contribution is 7.15. The van der Waals surface area contributed by atoms with Crippen molar-refractivity contribution in [2.45, 2.75) is 59.5 Å². The first kappa shape index (κ1) is 22.8. The minimum absolute atomic E-state index is 0.0375. The second-order valence-electron chi connectivity index (χ2n) is 7.54. The summed E-state index contributed by atoms with van der Waals surface area (Å²) in [5.74, 6) is 0.127. The van der Waals surface area contributed by atoms with E-state index >= 15 is 0 Å². The predicted molar refractivity (Wildman–Crippen MR) is 113 cm³/mol. The molecule has 0 atom stereocenters. The van der Waals surface area contributed by atoms with Crippen LogP contribution < -0.4 is 10.6 Å². The largest absolute Gasteiger partial charge is 0.379 e. The Morgan fingerprint density at radius 3 is 2.64 bits per heavy atom. The first-order valence-corrected chi connectivity index (χ1v) is 11.1. The molecule has 7 nitrogen and oxygen atoms in total. The van der Waals surface area contributed by atoms with E-state index in [9.17, 15) is 9.59 Å². The summed E-state index contributed by atoms with van der Waals surface area (Å²) in [6.07, 6.45) is 3.51. The normalized spacial score (nSPS) is 15.8. The van der Waals surface area contributed by atoms with Gasteiger partial charge in [-0.25, -0.2) is 4.98 Å². The predicted octanol–water partition coefficient (Wildman–Crippen LogP) is 2.60. The average Bonchev–Trinajstić information content (AvgIpc) is 3.00. The number of nitrogens with zero attached hydrogens (tertiary/aromatic N) is 2. The number of thiazole rings is 1. The van der Waals surface area contributed by atoms with Gasteiger partial charge in [0.2, 0.25) is 11.8 Å². The van der Waals surface area contributed by atoms with Crippen molar-refractivity contribution in [1.82, 2.24) is 15.2 Å². The zero-order valence-electron chi connectivity index (χ0n) is 17.5. The van der Waals surface area contributed by atoms with Gasteiger partial charge in [-0.3, -0.25) is 14.5 Å². The molecule has 28 heavy (non-hydrogen) atoms. The van der Waals surface area contributed by atoms with E-state index in [0.29, 0.717) is 24.8 Å². The highest BCUT2D eigenvalue weighted by Gasteiger charge is 2.25. The first-order valence-electron chi connectivity index (χ1n) is 10.3. The van der Waals surface area contributed by atoms with Gasteiger partial charge < -0.3 is 15.4 Å². The molecule has 2 rings (SSSR count). The third-order valence-electron chi connectivity index (χ3n) is 4.87. The van der Waals surface area contributed by atoms with E-state index in [1.165, 1.54) is 11.3 Å². The lowest BCUT2D eigenvalue weighted by molar-refractivity contribution is -0.126. The number of aromatic nitrogens is 1. The molecule has 1 aliphatic rings. The Hall–Kier alpha value is -1.51. The van der Waals surface area contributed by atoms with E-state index in [2.05, 4.69) is 27.4 Å². The quantitative estimate of drug-likeness (QED) is 0.579. The van der Waals surface area contributed by atoms with Crippen molar-refractivity contribution < 1.29 is 14.3 Å². The number of likely N-dealkylation sites (tertiary alicyclic amines) is 1. The van der Waals surface area contributed by atoms with Gasteiger partial charge in [0.15, 0.2) is 5.13 Å². The minimum Gasteiger partial charge on any atom is -0.379 e. The van der Waals surface area contributed by atoms with Crippen molar-refractivity contribution in [2.75, 3.05) is 38.1 Å². The van der Waals surface area contributed by atoms with E-state index in [1.807, 2.05) is 20.8 Å². The molecular formula is C20H34N4O3S. The molecule has 1 aromatic rings. The Bertz CT molecular complexity index is 639. The maximum atomic E-state index is 12.3. The molecule has 0 aromatic carbocycles. The molecule has 0 unspecified atom stereocenters. The van der Waals surface area contributed by atoms with Crippen LogP contribution in [0.1, 0.15) is 50.6 Å². The smallest absolute Gasteiger partial charge is 0.240 e. The molecule has 0 aliphatic carbocycles. The first-order chi connectivity index (χ1) is 13.4.